The first kappa shape index (κ1) is 15.1. The molecule has 1 radical (unpaired) electrons. The first-order chi connectivity index (χ1) is 8.26. The molecule has 0 saturated carbocycles. The fourth-order valence-corrected chi connectivity index (χ4v) is 2.18. The topological polar surface area (TPSA) is 0 Å². The lowest BCUT2D eigenvalue weighted by molar-refractivity contribution is -0.138. The van der Waals surface area contributed by atoms with Crippen LogP contribution < -0.4 is 0 Å². The number of alkyl halides is 3. The fourth-order valence-electron chi connectivity index (χ4n) is 2.18. The van der Waals surface area contributed by atoms with Crippen molar-refractivity contribution in [3.05, 3.63) is 42.3 Å². The second kappa shape index (κ2) is 5.77. The molecule has 0 aliphatic carbocycles. The van der Waals surface area contributed by atoms with Crippen molar-refractivity contribution >= 4 is 0 Å². The maximum absolute atomic E-state index is 12.3. The number of rotatable bonds is 5. The molecular formula is C15H20F3. The van der Waals surface area contributed by atoms with Gasteiger partial charge in [-0.15, -0.1) is 0 Å². The smallest absolute Gasteiger partial charge is 0.171 e. The van der Waals surface area contributed by atoms with Crippen LogP contribution >= 0.6 is 0 Å². The molecule has 1 aromatic carbocycles. The Morgan fingerprint density at radius 2 is 1.67 bits per heavy atom. The minimum Gasteiger partial charge on any atom is -0.171 e. The van der Waals surface area contributed by atoms with Crippen LogP contribution in [0.3, 0.4) is 0 Å². The summed E-state index contributed by atoms with van der Waals surface area (Å²) in [5, 5.41) is 0. The van der Waals surface area contributed by atoms with Gasteiger partial charge in [0.15, 0.2) is 0 Å². The summed E-state index contributed by atoms with van der Waals surface area (Å²) in [6.45, 7) is 7.56. The van der Waals surface area contributed by atoms with Crippen LogP contribution in [0.5, 0.6) is 0 Å². The number of hydrogen-bond donors (Lipinski definition) is 0. The number of hydrogen-bond acceptors (Lipinski definition) is 0. The number of aryl methyl sites for hydroxylation is 1. The highest BCUT2D eigenvalue weighted by Crippen LogP contribution is 2.35. The van der Waals surface area contributed by atoms with E-state index in [1.807, 2.05) is 38.1 Å². The highest BCUT2D eigenvalue weighted by molar-refractivity contribution is 5.33. The predicted molar refractivity (Wildman–Crippen MR) is 68.4 cm³/mol. The Morgan fingerprint density at radius 3 is 2.22 bits per heavy atom. The van der Waals surface area contributed by atoms with Gasteiger partial charge in [-0.3, -0.25) is 0 Å². The molecule has 0 saturated heterocycles. The maximum atomic E-state index is 12.3. The molecule has 101 valence electrons. The monoisotopic (exact) mass is 257 g/mol. The molecule has 0 nitrogen and oxygen atoms in total. The van der Waals surface area contributed by atoms with E-state index in [0.717, 1.165) is 24.0 Å². The van der Waals surface area contributed by atoms with E-state index in [1.165, 1.54) is 0 Å². The number of halogens is 3. The molecule has 0 unspecified atom stereocenters. The van der Waals surface area contributed by atoms with Crippen LogP contribution in [0, 0.1) is 6.92 Å². The first-order valence-corrected chi connectivity index (χ1v) is 6.20. The zero-order valence-electron chi connectivity index (χ0n) is 11.0. The Morgan fingerprint density at radius 1 is 1.06 bits per heavy atom. The molecule has 0 spiro atoms. The van der Waals surface area contributed by atoms with Gasteiger partial charge in [0.25, 0.3) is 0 Å². The van der Waals surface area contributed by atoms with Crippen molar-refractivity contribution in [3.8, 4) is 0 Å². The van der Waals surface area contributed by atoms with E-state index in [0.29, 0.717) is 0 Å². The summed E-state index contributed by atoms with van der Waals surface area (Å²) < 4.78 is 37.0. The summed E-state index contributed by atoms with van der Waals surface area (Å²) in [7, 11) is 0. The Labute approximate surface area is 107 Å². The molecule has 0 aromatic heterocycles. The van der Waals surface area contributed by atoms with Crippen molar-refractivity contribution in [2.24, 2.45) is 0 Å². The van der Waals surface area contributed by atoms with E-state index < -0.39 is 18.0 Å². The molecule has 0 aliphatic heterocycles. The standard InChI is InChI=1S/C15H20F3/c1-4-7-12-8-5-6-9-13(12)14(2,3)10-11-15(16,17)18/h5-6,8-9H,1,4,7,10-11H2,2-3H3. The van der Waals surface area contributed by atoms with Crippen molar-refractivity contribution in [1.29, 1.82) is 0 Å². The van der Waals surface area contributed by atoms with Gasteiger partial charge in [-0.2, -0.15) is 13.2 Å². The quantitative estimate of drug-likeness (QED) is 0.690. The van der Waals surface area contributed by atoms with Crippen LogP contribution in [0.2, 0.25) is 0 Å². The SMILES string of the molecule is [CH2]CCc1ccccc1C(C)(C)CCC(F)(F)F. The molecule has 0 bridgehead atoms. The van der Waals surface area contributed by atoms with Gasteiger partial charge in [0, 0.05) is 6.42 Å². The predicted octanol–water partition coefficient (Wildman–Crippen LogP) is 5.07. The minimum absolute atomic E-state index is 0.116. The molecule has 1 rings (SSSR count). The van der Waals surface area contributed by atoms with E-state index in [9.17, 15) is 13.2 Å². The Balaban J connectivity index is 2.89. The summed E-state index contributed by atoms with van der Waals surface area (Å²) >= 11 is 0. The van der Waals surface area contributed by atoms with Crippen molar-refractivity contribution < 1.29 is 13.2 Å². The van der Waals surface area contributed by atoms with Gasteiger partial charge in [-0.25, -0.2) is 0 Å². The van der Waals surface area contributed by atoms with Crippen LogP contribution in [-0.2, 0) is 11.8 Å². The van der Waals surface area contributed by atoms with Crippen molar-refractivity contribution in [2.45, 2.75) is 51.1 Å². The van der Waals surface area contributed by atoms with E-state index in [4.69, 9.17) is 0 Å². The third-order valence-corrected chi connectivity index (χ3v) is 3.23. The zero-order chi connectivity index (χ0) is 13.8. The van der Waals surface area contributed by atoms with Gasteiger partial charge in [0.1, 0.15) is 0 Å². The average molecular weight is 257 g/mol. The minimum atomic E-state index is -4.08. The van der Waals surface area contributed by atoms with Crippen LogP contribution in [0.1, 0.15) is 44.2 Å². The maximum Gasteiger partial charge on any atom is 0.389 e. The molecule has 1 aromatic rings. The van der Waals surface area contributed by atoms with Gasteiger partial charge in [0.05, 0.1) is 0 Å². The summed E-state index contributed by atoms with van der Waals surface area (Å²) in [4.78, 5) is 0. The Bertz CT molecular complexity index is 378. The second-order valence-corrected chi connectivity index (χ2v) is 5.26. The first-order valence-electron chi connectivity index (χ1n) is 6.20. The third kappa shape index (κ3) is 4.35. The molecule has 18 heavy (non-hydrogen) atoms. The summed E-state index contributed by atoms with van der Waals surface area (Å²) in [6, 6.07) is 7.73. The van der Waals surface area contributed by atoms with Gasteiger partial charge >= 0.3 is 6.18 Å². The van der Waals surface area contributed by atoms with Gasteiger partial charge in [0.2, 0.25) is 0 Å². The zero-order valence-corrected chi connectivity index (χ0v) is 11.0. The average Bonchev–Trinajstić information content (AvgIpc) is 2.27. The lowest BCUT2D eigenvalue weighted by Crippen LogP contribution is -2.22. The van der Waals surface area contributed by atoms with Crippen LogP contribution in [-0.4, -0.2) is 6.18 Å². The van der Waals surface area contributed by atoms with E-state index in [2.05, 4.69) is 6.92 Å². The third-order valence-electron chi connectivity index (χ3n) is 3.23. The molecule has 0 amide bonds. The van der Waals surface area contributed by atoms with E-state index in [1.54, 1.807) is 0 Å². The lowest BCUT2D eigenvalue weighted by atomic mass is 9.77. The second-order valence-electron chi connectivity index (χ2n) is 5.26. The molecule has 0 atom stereocenters. The van der Waals surface area contributed by atoms with Crippen LogP contribution in [0.25, 0.3) is 0 Å². The fraction of sp³-hybridized carbons (Fsp3) is 0.533. The Hall–Kier alpha value is -0.990. The summed E-state index contributed by atoms with van der Waals surface area (Å²) in [5.74, 6) is 0. The molecule has 3 heteroatoms. The van der Waals surface area contributed by atoms with Crippen LogP contribution in [0.4, 0.5) is 13.2 Å². The number of benzene rings is 1. The van der Waals surface area contributed by atoms with Gasteiger partial charge in [-0.05, 0) is 35.8 Å². The highest BCUT2D eigenvalue weighted by atomic mass is 19.4. The van der Waals surface area contributed by atoms with Gasteiger partial charge in [-0.1, -0.05) is 45.0 Å². The van der Waals surface area contributed by atoms with E-state index in [-0.39, 0.29) is 6.42 Å². The Kier molecular flexibility index (Phi) is 4.83. The van der Waals surface area contributed by atoms with Crippen LogP contribution in [0.15, 0.2) is 24.3 Å². The van der Waals surface area contributed by atoms with Crippen molar-refractivity contribution in [1.82, 2.24) is 0 Å². The summed E-state index contributed by atoms with van der Waals surface area (Å²) in [5.41, 5.74) is 1.67. The van der Waals surface area contributed by atoms with Crippen molar-refractivity contribution in [3.63, 3.8) is 0 Å². The van der Waals surface area contributed by atoms with Gasteiger partial charge < -0.3 is 0 Å². The van der Waals surface area contributed by atoms with E-state index >= 15 is 0 Å². The van der Waals surface area contributed by atoms with Crippen molar-refractivity contribution in [2.75, 3.05) is 0 Å². The highest BCUT2D eigenvalue weighted by Gasteiger charge is 2.32. The summed E-state index contributed by atoms with van der Waals surface area (Å²) in [6.07, 6.45) is -3.14. The lowest BCUT2D eigenvalue weighted by Gasteiger charge is -2.28. The molecular weight excluding hydrogens is 237 g/mol. The normalized spacial score (nSPS) is 12.8. The molecule has 0 N–H and O–H groups in total. The molecule has 0 heterocycles. The molecule has 0 aliphatic rings. The largest absolute Gasteiger partial charge is 0.389 e. The molecule has 0 fully saturated rings.